The quantitative estimate of drug-likeness (QED) is 0.665. The molecular weight excluding hydrogens is 240 g/mol. The second-order valence-corrected chi connectivity index (χ2v) is 5.75. The Morgan fingerprint density at radius 2 is 1.45 bits per heavy atom. The van der Waals surface area contributed by atoms with E-state index in [0.717, 1.165) is 0 Å². The van der Waals surface area contributed by atoms with Gasteiger partial charge in [-0.2, -0.15) is 0 Å². The van der Waals surface area contributed by atoms with Crippen molar-refractivity contribution in [1.29, 1.82) is 0 Å². The molecule has 0 heterocycles. The second kappa shape index (κ2) is 4.79. The first kappa shape index (κ1) is 12.9. The van der Waals surface area contributed by atoms with Crippen molar-refractivity contribution in [3.63, 3.8) is 0 Å². The molecule has 0 saturated carbocycles. The van der Waals surface area contributed by atoms with Crippen molar-refractivity contribution in [2.75, 3.05) is 0 Å². The van der Waals surface area contributed by atoms with E-state index >= 15 is 0 Å². The Morgan fingerprint density at radius 1 is 0.700 bits per heavy atom. The van der Waals surface area contributed by atoms with Crippen LogP contribution in [0.5, 0.6) is 0 Å². The molecule has 0 nitrogen and oxygen atoms in total. The van der Waals surface area contributed by atoms with E-state index in [4.69, 9.17) is 0 Å². The lowest BCUT2D eigenvalue weighted by atomic mass is 9.90. The molecule has 3 rings (SSSR count). The lowest BCUT2D eigenvalue weighted by molar-refractivity contribution is 1.33. The van der Waals surface area contributed by atoms with E-state index in [0.29, 0.717) is 0 Å². The lowest BCUT2D eigenvalue weighted by Crippen LogP contribution is -2.26. The van der Waals surface area contributed by atoms with Gasteiger partial charge in [0.05, 0.1) is 0 Å². The van der Waals surface area contributed by atoms with Crippen LogP contribution >= 0.6 is 0 Å². The third-order valence-corrected chi connectivity index (χ3v) is 4.06. The minimum atomic E-state index is 1.30. The fourth-order valence-electron chi connectivity index (χ4n) is 3.29. The first-order chi connectivity index (χ1) is 9.58. The number of hydrogen-bond donors (Lipinski definition) is 0. The Bertz CT molecular complexity index is 821. The fraction of sp³-hybridized carbons (Fsp3) is 0.200. The molecule has 2 aliphatic rings. The molecule has 0 unspecified atom stereocenters. The van der Waals surface area contributed by atoms with Crippen LogP contribution in [0.1, 0.15) is 27.7 Å². The number of fused-ring (bicyclic) bond motifs is 2. The number of allylic oxidation sites excluding steroid dienone is 8. The van der Waals surface area contributed by atoms with Crippen LogP contribution < -0.4 is 10.4 Å². The van der Waals surface area contributed by atoms with Gasteiger partial charge in [0.15, 0.2) is 0 Å². The van der Waals surface area contributed by atoms with Crippen LogP contribution in [-0.2, 0) is 0 Å². The molecule has 0 spiro atoms. The molecular formula is C20H20. The van der Waals surface area contributed by atoms with Crippen molar-refractivity contribution in [2.45, 2.75) is 27.7 Å². The van der Waals surface area contributed by atoms with Gasteiger partial charge < -0.3 is 0 Å². The molecule has 0 bridgehead atoms. The van der Waals surface area contributed by atoms with Crippen LogP contribution in [0, 0.1) is 0 Å². The van der Waals surface area contributed by atoms with Gasteiger partial charge in [0, 0.05) is 0 Å². The Labute approximate surface area is 120 Å². The van der Waals surface area contributed by atoms with Crippen molar-refractivity contribution in [2.24, 2.45) is 0 Å². The standard InChI is InChI=1S/C20H20/c1-13-11-15(3)19-14(2)9-10-17-7-5-6-8-18(17)20(19)16(4)12-13/h5-12H,1-4H3. The maximum atomic E-state index is 2.29. The largest absolute Gasteiger partial charge is 0.0616 e. The summed E-state index contributed by atoms with van der Waals surface area (Å²) in [5.74, 6) is 0. The van der Waals surface area contributed by atoms with Crippen LogP contribution in [0.15, 0.2) is 70.4 Å². The maximum Gasteiger partial charge on any atom is -0.00707 e. The molecule has 0 amide bonds. The minimum absolute atomic E-state index is 1.30. The van der Waals surface area contributed by atoms with Gasteiger partial charge in [-0.1, -0.05) is 54.1 Å². The van der Waals surface area contributed by atoms with Crippen molar-refractivity contribution in [1.82, 2.24) is 0 Å². The summed E-state index contributed by atoms with van der Waals surface area (Å²) in [6.07, 6.45) is 9.06. The second-order valence-electron chi connectivity index (χ2n) is 5.75. The topological polar surface area (TPSA) is 0 Å². The number of hydrogen-bond acceptors (Lipinski definition) is 0. The smallest absolute Gasteiger partial charge is 0.00707 e. The van der Waals surface area contributed by atoms with Gasteiger partial charge in [0.2, 0.25) is 0 Å². The van der Waals surface area contributed by atoms with E-state index in [9.17, 15) is 0 Å². The Kier molecular flexibility index (Phi) is 3.10. The van der Waals surface area contributed by atoms with Gasteiger partial charge in [-0.3, -0.25) is 0 Å². The Morgan fingerprint density at radius 3 is 2.25 bits per heavy atom. The molecule has 1 aromatic rings. The van der Waals surface area contributed by atoms with Gasteiger partial charge in [-0.25, -0.2) is 0 Å². The third-order valence-electron chi connectivity index (χ3n) is 4.06. The summed E-state index contributed by atoms with van der Waals surface area (Å²) < 4.78 is 0. The average molecular weight is 260 g/mol. The van der Waals surface area contributed by atoms with E-state index in [1.807, 2.05) is 0 Å². The normalized spacial score (nSPS) is 18.0. The Hall–Kier alpha value is -2.08. The maximum absolute atomic E-state index is 2.29. The highest BCUT2D eigenvalue weighted by Gasteiger charge is 2.17. The minimum Gasteiger partial charge on any atom is -0.0616 e. The molecule has 0 aliphatic heterocycles. The monoisotopic (exact) mass is 260 g/mol. The van der Waals surface area contributed by atoms with Crippen molar-refractivity contribution in [3.05, 3.63) is 80.8 Å². The summed E-state index contributed by atoms with van der Waals surface area (Å²) in [5.41, 5.74) is 8.13. The number of rotatable bonds is 0. The SMILES string of the molecule is CC1=CC(C)=C2C(C)=CC=c3ccccc3=C2C(C)=C1. The van der Waals surface area contributed by atoms with Crippen LogP contribution in [0.4, 0.5) is 0 Å². The fourth-order valence-corrected chi connectivity index (χ4v) is 3.29. The molecule has 1 aromatic carbocycles. The van der Waals surface area contributed by atoms with Gasteiger partial charge >= 0.3 is 0 Å². The summed E-state index contributed by atoms with van der Waals surface area (Å²) in [5, 5.41) is 2.64. The van der Waals surface area contributed by atoms with Crippen molar-refractivity contribution in [3.8, 4) is 0 Å². The molecule has 20 heavy (non-hydrogen) atoms. The predicted octanol–water partition coefficient (Wildman–Crippen LogP) is 3.80. The molecule has 0 fully saturated rings. The molecule has 0 radical (unpaired) electrons. The third kappa shape index (κ3) is 2.02. The predicted molar refractivity (Wildman–Crippen MR) is 87.5 cm³/mol. The van der Waals surface area contributed by atoms with Crippen LogP contribution in [0.3, 0.4) is 0 Å². The Balaban J connectivity index is 2.56. The highest BCUT2D eigenvalue weighted by molar-refractivity contribution is 5.86. The number of benzene rings is 1. The lowest BCUT2D eigenvalue weighted by Gasteiger charge is -2.14. The zero-order chi connectivity index (χ0) is 14.3. The zero-order valence-corrected chi connectivity index (χ0v) is 12.6. The molecule has 2 aliphatic carbocycles. The van der Waals surface area contributed by atoms with E-state index in [2.05, 4.69) is 76.3 Å². The summed E-state index contributed by atoms with van der Waals surface area (Å²) in [6, 6.07) is 8.67. The van der Waals surface area contributed by atoms with Crippen LogP contribution in [0.2, 0.25) is 0 Å². The van der Waals surface area contributed by atoms with Crippen molar-refractivity contribution >= 4 is 11.6 Å². The summed E-state index contributed by atoms with van der Waals surface area (Å²) in [7, 11) is 0. The molecule has 0 aromatic heterocycles. The molecule has 0 heteroatoms. The average Bonchev–Trinajstić information content (AvgIpc) is 2.62. The molecule has 0 atom stereocenters. The zero-order valence-electron chi connectivity index (χ0n) is 12.6. The van der Waals surface area contributed by atoms with Gasteiger partial charge in [-0.05, 0) is 66.0 Å². The van der Waals surface area contributed by atoms with Gasteiger partial charge in [-0.15, -0.1) is 0 Å². The highest BCUT2D eigenvalue weighted by Crippen LogP contribution is 2.33. The van der Waals surface area contributed by atoms with Crippen LogP contribution in [0.25, 0.3) is 11.6 Å². The molecule has 100 valence electrons. The van der Waals surface area contributed by atoms with Crippen molar-refractivity contribution < 1.29 is 0 Å². The highest BCUT2D eigenvalue weighted by atomic mass is 14.2. The van der Waals surface area contributed by atoms with E-state index in [1.165, 1.54) is 43.9 Å². The first-order valence-electron chi connectivity index (χ1n) is 7.14. The summed E-state index contributed by atoms with van der Waals surface area (Å²) in [6.45, 7) is 8.83. The summed E-state index contributed by atoms with van der Waals surface area (Å²) in [4.78, 5) is 0. The van der Waals surface area contributed by atoms with Crippen LogP contribution in [-0.4, -0.2) is 0 Å². The molecule has 0 saturated heterocycles. The van der Waals surface area contributed by atoms with E-state index in [-0.39, 0.29) is 0 Å². The van der Waals surface area contributed by atoms with Gasteiger partial charge in [0.25, 0.3) is 0 Å². The summed E-state index contributed by atoms with van der Waals surface area (Å²) >= 11 is 0. The van der Waals surface area contributed by atoms with Gasteiger partial charge in [0.1, 0.15) is 0 Å². The van der Waals surface area contributed by atoms with E-state index in [1.54, 1.807) is 0 Å². The first-order valence-corrected chi connectivity index (χ1v) is 7.14. The van der Waals surface area contributed by atoms with E-state index < -0.39 is 0 Å². The molecule has 0 N–H and O–H groups in total.